The van der Waals surface area contributed by atoms with Crippen molar-refractivity contribution >= 4 is 23.5 Å². The summed E-state index contributed by atoms with van der Waals surface area (Å²) in [7, 11) is 0. The molecule has 1 aromatic rings. The van der Waals surface area contributed by atoms with Crippen LogP contribution in [0.5, 0.6) is 0 Å². The maximum absolute atomic E-state index is 11.9. The highest BCUT2D eigenvalue weighted by Crippen LogP contribution is 2.13. The van der Waals surface area contributed by atoms with Gasteiger partial charge in [0.1, 0.15) is 6.04 Å². The molecule has 0 radical (unpaired) electrons. The van der Waals surface area contributed by atoms with Crippen LogP contribution in [-0.4, -0.2) is 40.5 Å². The number of hydrogen-bond acceptors (Lipinski definition) is 6. The number of carbonyl (C=O) groups excluding carboxylic acids is 2. The zero-order valence-electron chi connectivity index (χ0n) is 13.5. The van der Waals surface area contributed by atoms with Gasteiger partial charge in [0, 0.05) is 18.2 Å². The standard InChI is InChI=1S/C16H18N2O7/c1-2-25-15(20)8-4-7-13(16(21)22)17-14(19)10-11-5-3-6-12(9-11)18(23)24/h3-6,8-9,13H,2,7,10H2,1H3,(H,17,19)(H,21,22)/b8-4+/t13-/m0/s1. The number of nitrogens with zero attached hydrogens (tertiary/aromatic N) is 1. The number of carboxylic acids is 1. The molecule has 0 aromatic heterocycles. The Morgan fingerprint density at radius 2 is 2.12 bits per heavy atom. The van der Waals surface area contributed by atoms with Crippen molar-refractivity contribution in [2.75, 3.05) is 6.61 Å². The second-order valence-corrected chi connectivity index (χ2v) is 4.95. The first-order valence-corrected chi connectivity index (χ1v) is 7.42. The summed E-state index contributed by atoms with van der Waals surface area (Å²) < 4.78 is 4.66. The zero-order valence-corrected chi connectivity index (χ0v) is 13.5. The minimum absolute atomic E-state index is 0.102. The van der Waals surface area contributed by atoms with E-state index < -0.39 is 28.8 Å². The van der Waals surface area contributed by atoms with Crippen LogP contribution >= 0.6 is 0 Å². The summed E-state index contributed by atoms with van der Waals surface area (Å²) in [6.07, 6.45) is 2.08. The van der Waals surface area contributed by atoms with E-state index in [4.69, 9.17) is 5.11 Å². The number of non-ortho nitro benzene ring substituents is 1. The number of aliphatic carboxylic acids is 1. The van der Waals surface area contributed by atoms with Crippen molar-refractivity contribution in [1.29, 1.82) is 0 Å². The van der Waals surface area contributed by atoms with Gasteiger partial charge in [0.05, 0.1) is 18.0 Å². The molecule has 1 atom stereocenters. The first kappa shape index (κ1) is 19.8. The number of ether oxygens (including phenoxy) is 1. The van der Waals surface area contributed by atoms with E-state index in [1.807, 2.05) is 0 Å². The molecule has 0 aliphatic heterocycles. The number of amides is 1. The lowest BCUT2D eigenvalue weighted by molar-refractivity contribution is -0.384. The van der Waals surface area contributed by atoms with E-state index in [-0.39, 0.29) is 25.1 Å². The minimum Gasteiger partial charge on any atom is -0.480 e. The van der Waals surface area contributed by atoms with Crippen molar-refractivity contribution in [3.05, 3.63) is 52.1 Å². The average molecular weight is 350 g/mol. The number of rotatable bonds is 9. The van der Waals surface area contributed by atoms with Crippen LogP contribution in [0.15, 0.2) is 36.4 Å². The highest BCUT2D eigenvalue weighted by molar-refractivity contribution is 5.85. The van der Waals surface area contributed by atoms with E-state index in [1.165, 1.54) is 30.3 Å². The molecule has 2 N–H and O–H groups in total. The van der Waals surface area contributed by atoms with E-state index in [0.717, 1.165) is 6.08 Å². The molecule has 25 heavy (non-hydrogen) atoms. The summed E-state index contributed by atoms with van der Waals surface area (Å²) in [6.45, 7) is 1.84. The molecule has 1 amide bonds. The molecule has 0 saturated heterocycles. The van der Waals surface area contributed by atoms with Gasteiger partial charge in [-0.1, -0.05) is 18.2 Å². The molecule has 9 heteroatoms. The van der Waals surface area contributed by atoms with Gasteiger partial charge in [-0.3, -0.25) is 14.9 Å². The van der Waals surface area contributed by atoms with E-state index in [0.29, 0.717) is 5.56 Å². The number of nitro groups is 1. The van der Waals surface area contributed by atoms with Crippen LogP contribution in [-0.2, 0) is 25.5 Å². The van der Waals surface area contributed by atoms with E-state index in [2.05, 4.69) is 10.1 Å². The molecule has 0 unspecified atom stereocenters. The predicted molar refractivity (Wildman–Crippen MR) is 86.8 cm³/mol. The van der Waals surface area contributed by atoms with Crippen LogP contribution in [0.25, 0.3) is 0 Å². The van der Waals surface area contributed by atoms with Crippen molar-refractivity contribution in [3.8, 4) is 0 Å². The Morgan fingerprint density at radius 1 is 1.40 bits per heavy atom. The third-order valence-corrected chi connectivity index (χ3v) is 3.03. The van der Waals surface area contributed by atoms with E-state index in [9.17, 15) is 24.5 Å². The highest BCUT2D eigenvalue weighted by Gasteiger charge is 2.19. The molecule has 0 aliphatic carbocycles. The summed E-state index contributed by atoms with van der Waals surface area (Å²) in [5.74, 6) is -2.46. The van der Waals surface area contributed by atoms with Gasteiger partial charge in [-0.15, -0.1) is 0 Å². The first-order chi connectivity index (χ1) is 11.8. The molecular weight excluding hydrogens is 332 g/mol. The van der Waals surface area contributed by atoms with Gasteiger partial charge in [-0.05, 0) is 18.9 Å². The monoisotopic (exact) mass is 350 g/mol. The van der Waals surface area contributed by atoms with Gasteiger partial charge in [0.2, 0.25) is 5.91 Å². The summed E-state index contributed by atoms with van der Waals surface area (Å²) in [4.78, 5) is 44.4. The van der Waals surface area contributed by atoms with Gasteiger partial charge in [0.25, 0.3) is 5.69 Å². The van der Waals surface area contributed by atoms with Crippen molar-refractivity contribution in [1.82, 2.24) is 5.32 Å². The molecule has 0 heterocycles. The Balaban J connectivity index is 2.64. The maximum atomic E-state index is 11.9. The first-order valence-electron chi connectivity index (χ1n) is 7.42. The van der Waals surface area contributed by atoms with Crippen LogP contribution in [0.2, 0.25) is 0 Å². The number of benzene rings is 1. The molecule has 1 aromatic carbocycles. The quantitative estimate of drug-likeness (QED) is 0.296. The smallest absolute Gasteiger partial charge is 0.330 e. The lowest BCUT2D eigenvalue weighted by Gasteiger charge is -2.12. The van der Waals surface area contributed by atoms with Gasteiger partial charge in [-0.25, -0.2) is 9.59 Å². The summed E-state index contributed by atoms with van der Waals surface area (Å²) >= 11 is 0. The zero-order chi connectivity index (χ0) is 18.8. The van der Waals surface area contributed by atoms with Gasteiger partial charge < -0.3 is 15.2 Å². The Kier molecular flexibility index (Phi) is 7.77. The largest absolute Gasteiger partial charge is 0.480 e. The van der Waals surface area contributed by atoms with E-state index >= 15 is 0 Å². The summed E-state index contributed by atoms with van der Waals surface area (Å²) in [5, 5.41) is 22.1. The van der Waals surface area contributed by atoms with Crippen molar-refractivity contribution < 1.29 is 29.2 Å². The normalized spacial score (nSPS) is 11.7. The summed E-state index contributed by atoms with van der Waals surface area (Å²) in [6, 6.07) is 4.29. The second-order valence-electron chi connectivity index (χ2n) is 4.95. The minimum atomic E-state index is -1.26. The molecule has 0 spiro atoms. The van der Waals surface area contributed by atoms with Gasteiger partial charge in [-0.2, -0.15) is 0 Å². The van der Waals surface area contributed by atoms with Crippen LogP contribution in [0.4, 0.5) is 5.69 Å². The van der Waals surface area contributed by atoms with Crippen LogP contribution < -0.4 is 5.32 Å². The number of nitrogens with one attached hydrogen (secondary N) is 1. The van der Waals surface area contributed by atoms with Crippen LogP contribution in [0, 0.1) is 10.1 Å². The number of hydrogen-bond donors (Lipinski definition) is 2. The fourth-order valence-electron chi connectivity index (χ4n) is 1.92. The summed E-state index contributed by atoms with van der Waals surface area (Å²) in [5.41, 5.74) is 0.232. The van der Waals surface area contributed by atoms with E-state index in [1.54, 1.807) is 6.92 Å². The molecule has 0 aliphatic rings. The van der Waals surface area contributed by atoms with Crippen molar-refractivity contribution in [2.45, 2.75) is 25.8 Å². The maximum Gasteiger partial charge on any atom is 0.330 e. The predicted octanol–water partition coefficient (Wildman–Crippen LogP) is 1.22. The Bertz CT molecular complexity index is 685. The third-order valence-electron chi connectivity index (χ3n) is 3.03. The SMILES string of the molecule is CCOC(=O)/C=C/C[C@H](NC(=O)Cc1cccc([N+](=O)[O-])c1)C(=O)O. The Labute approximate surface area is 143 Å². The molecule has 9 nitrogen and oxygen atoms in total. The second kappa shape index (κ2) is 9.81. The van der Waals surface area contributed by atoms with Gasteiger partial charge >= 0.3 is 11.9 Å². The lowest BCUT2D eigenvalue weighted by atomic mass is 10.1. The highest BCUT2D eigenvalue weighted by atomic mass is 16.6. The molecule has 0 bridgehead atoms. The van der Waals surface area contributed by atoms with Crippen LogP contribution in [0.1, 0.15) is 18.9 Å². The third kappa shape index (κ3) is 7.25. The fraction of sp³-hybridized carbons (Fsp3) is 0.312. The molecule has 1 rings (SSSR count). The van der Waals surface area contributed by atoms with Crippen LogP contribution in [0.3, 0.4) is 0 Å². The van der Waals surface area contributed by atoms with Crippen molar-refractivity contribution in [2.24, 2.45) is 0 Å². The Hall–Kier alpha value is -3.23. The topological polar surface area (TPSA) is 136 Å². The molecule has 0 saturated carbocycles. The number of esters is 1. The molecule has 0 fully saturated rings. The number of carbonyl (C=O) groups is 3. The van der Waals surface area contributed by atoms with Crippen molar-refractivity contribution in [3.63, 3.8) is 0 Å². The lowest BCUT2D eigenvalue weighted by Crippen LogP contribution is -2.41. The Morgan fingerprint density at radius 3 is 2.72 bits per heavy atom. The number of nitro benzene ring substituents is 1. The van der Waals surface area contributed by atoms with Gasteiger partial charge in [0.15, 0.2) is 0 Å². The fourth-order valence-corrected chi connectivity index (χ4v) is 1.92. The molecular formula is C16H18N2O7. The average Bonchev–Trinajstić information content (AvgIpc) is 2.54. The number of carboxylic acid groups (broad SMARTS) is 1. The molecule has 134 valence electrons.